The summed E-state index contributed by atoms with van der Waals surface area (Å²) in [5.41, 5.74) is -0.500. The van der Waals surface area contributed by atoms with Crippen LogP contribution in [0.15, 0.2) is 0 Å². The van der Waals surface area contributed by atoms with Gasteiger partial charge >= 0.3 is 17.1 Å². The standard InChI is InChI=1S/C6H9O.Cu/c1-5-6(2,3)7-4;/h2-4H3;/q-1;+1. The third-order valence-corrected chi connectivity index (χ3v) is 0.811. The normalized spacial score (nSPS) is 9.25. The zero-order chi connectivity index (χ0) is 5.91. The predicted molar refractivity (Wildman–Crippen MR) is 28.2 cm³/mol. The minimum absolute atomic E-state index is 0. The average molecular weight is 161 g/mol. The van der Waals surface area contributed by atoms with E-state index in [1.165, 1.54) is 0 Å². The van der Waals surface area contributed by atoms with Gasteiger partial charge in [0.25, 0.3) is 0 Å². The summed E-state index contributed by atoms with van der Waals surface area (Å²) in [6, 6.07) is 0. The topological polar surface area (TPSA) is 9.23 Å². The summed E-state index contributed by atoms with van der Waals surface area (Å²) in [4.78, 5) is 0. The maximum absolute atomic E-state index is 6.63. The summed E-state index contributed by atoms with van der Waals surface area (Å²) < 4.78 is 4.79. The first-order chi connectivity index (χ1) is 3.12. The molecule has 0 heterocycles. The van der Waals surface area contributed by atoms with E-state index in [2.05, 4.69) is 5.92 Å². The summed E-state index contributed by atoms with van der Waals surface area (Å²) >= 11 is 0. The molecule has 1 nitrogen and oxygen atoms in total. The smallest absolute Gasteiger partial charge is 0.691 e. The van der Waals surface area contributed by atoms with Crippen LogP contribution in [0.4, 0.5) is 0 Å². The Morgan fingerprint density at radius 2 is 1.88 bits per heavy atom. The molecule has 0 bridgehead atoms. The molecule has 0 radical (unpaired) electrons. The summed E-state index contributed by atoms with van der Waals surface area (Å²) in [5.74, 6) is 2.22. The number of hydrogen-bond acceptors (Lipinski definition) is 1. The predicted octanol–water partition coefficient (Wildman–Crippen LogP) is 0.999. The average Bonchev–Trinajstić information content (AvgIpc) is 1.68. The largest absolute Gasteiger partial charge is 1.00 e. The molecule has 0 spiro atoms. The maximum atomic E-state index is 6.63. The van der Waals surface area contributed by atoms with E-state index in [0.717, 1.165) is 0 Å². The number of methoxy groups -OCH3 is 1. The van der Waals surface area contributed by atoms with E-state index < -0.39 is 5.60 Å². The fourth-order valence-corrected chi connectivity index (χ4v) is 0.0510. The molecule has 0 unspecified atom stereocenters. The Morgan fingerprint density at radius 3 is 1.88 bits per heavy atom. The summed E-state index contributed by atoms with van der Waals surface area (Å²) in [6.07, 6.45) is 6.63. The van der Waals surface area contributed by atoms with Crippen molar-refractivity contribution in [2.24, 2.45) is 0 Å². The minimum Gasteiger partial charge on any atom is -0.691 e. The van der Waals surface area contributed by atoms with Gasteiger partial charge in [0, 0.05) is 7.11 Å². The molecule has 0 rings (SSSR count). The van der Waals surface area contributed by atoms with Crippen LogP contribution in [-0.2, 0) is 21.8 Å². The molecule has 0 aliphatic rings. The van der Waals surface area contributed by atoms with Crippen LogP contribution >= 0.6 is 0 Å². The van der Waals surface area contributed by atoms with Gasteiger partial charge in [0.2, 0.25) is 0 Å². The molecule has 0 aromatic heterocycles. The van der Waals surface area contributed by atoms with E-state index >= 15 is 0 Å². The van der Waals surface area contributed by atoms with E-state index in [-0.39, 0.29) is 17.1 Å². The van der Waals surface area contributed by atoms with E-state index in [1.807, 2.05) is 0 Å². The van der Waals surface area contributed by atoms with Crippen LogP contribution < -0.4 is 0 Å². The van der Waals surface area contributed by atoms with Crippen molar-refractivity contribution < 1.29 is 21.8 Å². The van der Waals surface area contributed by atoms with Gasteiger partial charge in [-0.1, -0.05) is 0 Å². The van der Waals surface area contributed by atoms with Gasteiger partial charge in [0.15, 0.2) is 0 Å². The molecular weight excluding hydrogens is 152 g/mol. The van der Waals surface area contributed by atoms with Crippen molar-refractivity contribution in [2.75, 3.05) is 7.11 Å². The van der Waals surface area contributed by atoms with Gasteiger partial charge in [-0.25, -0.2) is 0 Å². The van der Waals surface area contributed by atoms with Gasteiger partial charge in [-0.3, -0.25) is 0 Å². The molecule has 0 N–H and O–H groups in total. The van der Waals surface area contributed by atoms with Gasteiger partial charge in [0.05, 0.1) is 5.60 Å². The van der Waals surface area contributed by atoms with Crippen molar-refractivity contribution >= 4 is 0 Å². The SMILES string of the molecule is [C-]#CC(C)(C)OC.[Cu+]. The Morgan fingerprint density at radius 1 is 1.50 bits per heavy atom. The zero-order valence-electron chi connectivity index (χ0n) is 5.21. The van der Waals surface area contributed by atoms with Crippen LogP contribution in [-0.4, -0.2) is 12.7 Å². The van der Waals surface area contributed by atoms with Crippen LogP contribution in [0.25, 0.3) is 0 Å². The Hall–Kier alpha value is 0.0395. The summed E-state index contributed by atoms with van der Waals surface area (Å²) in [7, 11) is 1.56. The van der Waals surface area contributed by atoms with Gasteiger partial charge in [-0.05, 0) is 13.8 Å². The molecule has 0 amide bonds. The Balaban J connectivity index is 0. The molecule has 0 aliphatic carbocycles. The first-order valence-corrected chi connectivity index (χ1v) is 2.11. The van der Waals surface area contributed by atoms with Crippen molar-refractivity contribution in [1.29, 1.82) is 0 Å². The second-order valence-electron chi connectivity index (χ2n) is 1.84. The molecule has 0 aromatic rings. The van der Waals surface area contributed by atoms with Crippen LogP contribution in [0.2, 0.25) is 0 Å². The maximum Gasteiger partial charge on any atom is 1.00 e. The van der Waals surface area contributed by atoms with E-state index in [9.17, 15) is 0 Å². The Labute approximate surface area is 61.3 Å². The van der Waals surface area contributed by atoms with Crippen molar-refractivity contribution in [2.45, 2.75) is 19.4 Å². The zero-order valence-corrected chi connectivity index (χ0v) is 6.15. The Kier molecular flexibility index (Phi) is 5.42. The fourth-order valence-electron chi connectivity index (χ4n) is 0.0510. The third kappa shape index (κ3) is 4.21. The van der Waals surface area contributed by atoms with Crippen molar-refractivity contribution in [3.63, 3.8) is 0 Å². The molecular formula is C6H9CuO. The van der Waals surface area contributed by atoms with Gasteiger partial charge in [-0.2, -0.15) is 0 Å². The molecule has 50 valence electrons. The van der Waals surface area contributed by atoms with E-state index in [1.54, 1.807) is 21.0 Å². The van der Waals surface area contributed by atoms with E-state index in [4.69, 9.17) is 11.2 Å². The monoisotopic (exact) mass is 160 g/mol. The second-order valence-corrected chi connectivity index (χ2v) is 1.84. The molecule has 0 saturated carbocycles. The number of hydrogen-bond donors (Lipinski definition) is 0. The summed E-state index contributed by atoms with van der Waals surface area (Å²) in [5, 5.41) is 0. The first kappa shape index (κ1) is 10.9. The molecule has 2 heteroatoms. The van der Waals surface area contributed by atoms with E-state index in [0.29, 0.717) is 0 Å². The van der Waals surface area contributed by atoms with Crippen LogP contribution in [0.1, 0.15) is 13.8 Å². The molecule has 8 heavy (non-hydrogen) atoms. The van der Waals surface area contributed by atoms with Crippen molar-refractivity contribution in [3.05, 3.63) is 6.42 Å². The number of ether oxygens (including phenoxy) is 1. The van der Waals surface area contributed by atoms with Crippen molar-refractivity contribution in [3.8, 4) is 5.92 Å². The third-order valence-electron chi connectivity index (χ3n) is 0.811. The quantitative estimate of drug-likeness (QED) is 0.316. The minimum atomic E-state index is -0.500. The number of rotatable bonds is 1. The van der Waals surface area contributed by atoms with Crippen LogP contribution in [0.5, 0.6) is 0 Å². The molecule has 0 saturated heterocycles. The molecule has 0 atom stereocenters. The second kappa shape index (κ2) is 3.97. The molecule has 0 aromatic carbocycles. The molecule has 0 aliphatic heterocycles. The van der Waals surface area contributed by atoms with Crippen molar-refractivity contribution in [1.82, 2.24) is 0 Å². The van der Waals surface area contributed by atoms with Crippen LogP contribution in [0, 0.1) is 12.3 Å². The fraction of sp³-hybridized carbons (Fsp3) is 0.667. The first-order valence-electron chi connectivity index (χ1n) is 2.11. The van der Waals surface area contributed by atoms with Gasteiger partial charge < -0.3 is 17.1 Å². The van der Waals surface area contributed by atoms with Gasteiger partial charge in [-0.15, -0.1) is 0 Å². The van der Waals surface area contributed by atoms with Crippen LogP contribution in [0.3, 0.4) is 0 Å². The molecule has 0 fully saturated rings. The Bertz CT molecular complexity index is 91.2. The van der Waals surface area contributed by atoms with Gasteiger partial charge in [0.1, 0.15) is 0 Å². The summed E-state index contributed by atoms with van der Waals surface area (Å²) in [6.45, 7) is 3.56.